The lowest BCUT2D eigenvalue weighted by atomic mass is 9.74. The summed E-state index contributed by atoms with van der Waals surface area (Å²) in [5, 5.41) is 40.7. The number of ether oxygens (including phenoxy) is 2. The van der Waals surface area contributed by atoms with Crippen molar-refractivity contribution < 1.29 is 39.2 Å². The van der Waals surface area contributed by atoms with Gasteiger partial charge in [0, 0.05) is 54.6 Å². The van der Waals surface area contributed by atoms with E-state index in [2.05, 4.69) is 26.3 Å². The standard InChI is InChI=1S/C29H36ClN5O8/c1-42-16-29(2-4-43-5-3-29)19-6-17(7-20(30)10-19)24(12-26(39)40)35-25(38)15-31-27(41)18-8-21(11-22(36)9-18)34-28-32-13-23(37)14-33-28/h6-11,23-24,36-37H,2-5,12-16H2,1H3,(H,31,41)(H,35,38)(H,39,40)(H2,32,33,34). The van der Waals surface area contributed by atoms with E-state index in [-0.39, 0.29) is 23.3 Å². The van der Waals surface area contributed by atoms with Crippen molar-refractivity contribution >= 4 is 41.0 Å². The molecule has 0 radical (unpaired) electrons. The average Bonchev–Trinajstić information content (AvgIpc) is 2.96. The number of guanidine groups is 1. The number of aliphatic hydroxyl groups is 1. The van der Waals surface area contributed by atoms with Gasteiger partial charge >= 0.3 is 5.97 Å². The highest BCUT2D eigenvalue weighted by Crippen LogP contribution is 2.38. The molecule has 2 heterocycles. The van der Waals surface area contributed by atoms with Crippen LogP contribution >= 0.6 is 11.6 Å². The number of carbonyl (C=O) groups excluding carboxylic acids is 2. The molecule has 2 amide bonds. The van der Waals surface area contributed by atoms with Crippen molar-refractivity contribution in [1.29, 1.82) is 0 Å². The van der Waals surface area contributed by atoms with E-state index in [1.807, 2.05) is 12.1 Å². The smallest absolute Gasteiger partial charge is 0.305 e. The molecule has 1 saturated heterocycles. The van der Waals surface area contributed by atoms with E-state index in [0.717, 1.165) is 5.56 Å². The summed E-state index contributed by atoms with van der Waals surface area (Å²) >= 11 is 6.48. The van der Waals surface area contributed by atoms with Crippen LogP contribution in [0.2, 0.25) is 5.02 Å². The van der Waals surface area contributed by atoms with Crippen LogP contribution in [0.15, 0.2) is 41.4 Å². The van der Waals surface area contributed by atoms with E-state index < -0.39 is 42.9 Å². The Morgan fingerprint density at radius 3 is 2.63 bits per heavy atom. The molecule has 2 atom stereocenters. The van der Waals surface area contributed by atoms with Gasteiger partial charge in [0.1, 0.15) is 5.75 Å². The van der Waals surface area contributed by atoms with Crippen LogP contribution in [0.5, 0.6) is 5.75 Å². The fraction of sp³-hybridized carbons (Fsp3) is 0.448. The zero-order valence-corrected chi connectivity index (χ0v) is 24.4. The highest BCUT2D eigenvalue weighted by atomic mass is 35.5. The first-order valence-electron chi connectivity index (χ1n) is 13.8. The summed E-state index contributed by atoms with van der Waals surface area (Å²) in [6, 6.07) is 8.47. The number of carboxylic acids is 1. The summed E-state index contributed by atoms with van der Waals surface area (Å²) in [7, 11) is 1.62. The minimum Gasteiger partial charge on any atom is -0.508 e. The molecule has 4 rings (SSSR count). The Labute approximate surface area is 253 Å². The Kier molecular flexibility index (Phi) is 10.8. The molecule has 232 valence electrons. The van der Waals surface area contributed by atoms with Crippen LogP contribution < -0.4 is 21.3 Å². The number of aliphatic hydroxyl groups excluding tert-OH is 1. The fourth-order valence-electron chi connectivity index (χ4n) is 5.18. The molecule has 2 unspecified atom stereocenters. The van der Waals surface area contributed by atoms with Crippen molar-refractivity contribution in [1.82, 2.24) is 16.0 Å². The van der Waals surface area contributed by atoms with Gasteiger partial charge in [-0.05, 0) is 48.2 Å². The molecular weight excluding hydrogens is 582 g/mol. The predicted octanol–water partition coefficient (Wildman–Crippen LogP) is 1.53. The second kappa shape index (κ2) is 14.5. The Morgan fingerprint density at radius 1 is 1.19 bits per heavy atom. The number of aliphatic carboxylic acids is 1. The minimum atomic E-state index is -1.13. The fourth-order valence-corrected chi connectivity index (χ4v) is 5.42. The van der Waals surface area contributed by atoms with Crippen molar-refractivity contribution in [2.75, 3.05) is 51.9 Å². The number of carboxylic acid groups (broad SMARTS) is 1. The third-order valence-electron chi connectivity index (χ3n) is 7.34. The maximum atomic E-state index is 12.9. The van der Waals surface area contributed by atoms with Crippen molar-refractivity contribution in [3.05, 3.63) is 58.1 Å². The molecule has 0 bridgehead atoms. The van der Waals surface area contributed by atoms with Gasteiger partial charge in [0.25, 0.3) is 5.91 Å². The normalized spacial score (nSPS) is 18.5. The zero-order valence-electron chi connectivity index (χ0n) is 23.7. The van der Waals surface area contributed by atoms with Gasteiger partial charge in [-0.15, -0.1) is 0 Å². The zero-order chi connectivity index (χ0) is 31.0. The van der Waals surface area contributed by atoms with Crippen molar-refractivity contribution in [3.8, 4) is 5.75 Å². The SMILES string of the molecule is COCC1(c2cc(Cl)cc(C(CC(=O)O)NC(=O)CNC(=O)c3cc(O)cc(NC4=NCC(O)CN4)c3)c2)CCOCC1. The number of rotatable bonds is 11. The summed E-state index contributed by atoms with van der Waals surface area (Å²) < 4.78 is 11.1. The van der Waals surface area contributed by atoms with Gasteiger partial charge in [0.05, 0.1) is 38.3 Å². The van der Waals surface area contributed by atoms with Crippen molar-refractivity contribution in [2.45, 2.75) is 36.8 Å². The summed E-state index contributed by atoms with van der Waals surface area (Å²) in [4.78, 5) is 41.6. The number of methoxy groups -OCH3 is 1. The first-order valence-corrected chi connectivity index (χ1v) is 14.2. The lowest BCUT2D eigenvalue weighted by Crippen LogP contribution is -2.42. The second-order valence-corrected chi connectivity index (χ2v) is 11.1. The average molecular weight is 618 g/mol. The molecule has 2 aromatic rings. The van der Waals surface area contributed by atoms with E-state index in [9.17, 15) is 29.7 Å². The van der Waals surface area contributed by atoms with Crippen LogP contribution in [0.3, 0.4) is 0 Å². The van der Waals surface area contributed by atoms with E-state index in [0.29, 0.717) is 61.4 Å². The Morgan fingerprint density at radius 2 is 1.95 bits per heavy atom. The number of benzene rings is 2. The van der Waals surface area contributed by atoms with Crippen molar-refractivity contribution in [2.24, 2.45) is 4.99 Å². The third kappa shape index (κ3) is 8.80. The molecule has 1 fully saturated rings. The number of anilines is 1. The van der Waals surface area contributed by atoms with Gasteiger partial charge in [0.15, 0.2) is 5.96 Å². The maximum Gasteiger partial charge on any atom is 0.305 e. The van der Waals surface area contributed by atoms with Crippen LogP contribution in [0.4, 0.5) is 5.69 Å². The van der Waals surface area contributed by atoms with Gasteiger partial charge in [-0.2, -0.15) is 0 Å². The van der Waals surface area contributed by atoms with Gasteiger partial charge in [-0.1, -0.05) is 17.7 Å². The van der Waals surface area contributed by atoms with Crippen LogP contribution in [-0.4, -0.2) is 91.7 Å². The Balaban J connectivity index is 1.44. The number of nitrogens with one attached hydrogen (secondary N) is 4. The molecule has 43 heavy (non-hydrogen) atoms. The lowest BCUT2D eigenvalue weighted by molar-refractivity contribution is -0.137. The molecule has 2 aromatic carbocycles. The topological polar surface area (TPSA) is 191 Å². The number of phenolic OH excluding ortho intramolecular Hbond substituents is 1. The maximum absolute atomic E-state index is 12.9. The van der Waals surface area contributed by atoms with Crippen LogP contribution in [0, 0.1) is 0 Å². The molecule has 14 heteroatoms. The number of nitrogens with zero attached hydrogens (tertiary/aromatic N) is 1. The van der Waals surface area contributed by atoms with E-state index in [1.54, 1.807) is 13.2 Å². The lowest BCUT2D eigenvalue weighted by Gasteiger charge is -2.37. The summed E-state index contributed by atoms with van der Waals surface area (Å²) in [5.74, 6) is -2.19. The molecule has 2 aliphatic heterocycles. The van der Waals surface area contributed by atoms with Crippen LogP contribution in [-0.2, 0) is 24.5 Å². The Hall–Kier alpha value is -3.91. The number of phenols is 1. The molecule has 2 aliphatic rings. The number of amides is 2. The van der Waals surface area contributed by atoms with Crippen LogP contribution in [0.25, 0.3) is 0 Å². The van der Waals surface area contributed by atoms with E-state index >= 15 is 0 Å². The first kappa shape index (κ1) is 32.0. The second-order valence-electron chi connectivity index (χ2n) is 10.6. The van der Waals surface area contributed by atoms with E-state index in [4.69, 9.17) is 21.1 Å². The van der Waals surface area contributed by atoms with E-state index in [1.165, 1.54) is 18.2 Å². The monoisotopic (exact) mass is 617 g/mol. The largest absolute Gasteiger partial charge is 0.508 e. The molecule has 13 nitrogen and oxygen atoms in total. The predicted molar refractivity (Wildman–Crippen MR) is 159 cm³/mol. The number of hydrogen-bond acceptors (Lipinski definition) is 10. The number of carbonyl (C=O) groups is 3. The van der Waals surface area contributed by atoms with Gasteiger partial charge in [-0.25, -0.2) is 0 Å². The molecule has 0 spiro atoms. The molecule has 0 saturated carbocycles. The molecular formula is C29H36ClN5O8. The minimum absolute atomic E-state index is 0.0771. The molecule has 7 N–H and O–H groups in total. The highest BCUT2D eigenvalue weighted by molar-refractivity contribution is 6.30. The highest BCUT2D eigenvalue weighted by Gasteiger charge is 2.35. The number of β-amino-alcohol motifs (C(OH)–C–C–N with tert-alkyl or cyclic N) is 1. The van der Waals surface area contributed by atoms with Gasteiger partial charge in [0.2, 0.25) is 5.91 Å². The van der Waals surface area contributed by atoms with Crippen molar-refractivity contribution in [3.63, 3.8) is 0 Å². The first-order chi connectivity index (χ1) is 20.6. The number of halogens is 1. The van der Waals surface area contributed by atoms with Crippen LogP contribution in [0.1, 0.15) is 46.8 Å². The summed E-state index contributed by atoms with van der Waals surface area (Å²) in [5.41, 5.74) is 1.47. The van der Waals surface area contributed by atoms with Gasteiger partial charge < -0.3 is 46.1 Å². The third-order valence-corrected chi connectivity index (χ3v) is 7.56. The molecule has 0 aliphatic carbocycles. The quantitative estimate of drug-likeness (QED) is 0.195. The summed E-state index contributed by atoms with van der Waals surface area (Å²) in [6.45, 7) is 1.59. The number of hydrogen-bond donors (Lipinski definition) is 7. The summed E-state index contributed by atoms with van der Waals surface area (Å²) in [6.07, 6.45) is 0.388. The Bertz CT molecular complexity index is 1360. The number of aromatic hydroxyl groups is 1. The molecule has 0 aromatic heterocycles. The van der Waals surface area contributed by atoms with Gasteiger partial charge in [-0.3, -0.25) is 19.4 Å². The number of aliphatic imine (C=N–C) groups is 1.